The van der Waals surface area contributed by atoms with Crippen molar-refractivity contribution in [3.05, 3.63) is 22.8 Å². The lowest BCUT2D eigenvalue weighted by Crippen LogP contribution is -2.39. The first kappa shape index (κ1) is 16.2. The summed E-state index contributed by atoms with van der Waals surface area (Å²) in [5, 5.41) is 0. The lowest BCUT2D eigenvalue weighted by molar-refractivity contribution is -0.143. The van der Waals surface area contributed by atoms with E-state index in [4.69, 9.17) is 5.73 Å². The van der Waals surface area contributed by atoms with Gasteiger partial charge in [-0.15, -0.1) is 0 Å². The molecule has 1 fully saturated rings. The molecule has 23 heavy (non-hydrogen) atoms. The first-order valence-electron chi connectivity index (χ1n) is 7.73. The smallest absolute Gasteiger partial charge is 0.341 e. The zero-order chi connectivity index (χ0) is 16.8. The van der Waals surface area contributed by atoms with E-state index in [0.29, 0.717) is 31.6 Å². The third-order valence-electron chi connectivity index (χ3n) is 4.54. The summed E-state index contributed by atoms with van der Waals surface area (Å²) in [5.41, 5.74) is 5.41. The van der Waals surface area contributed by atoms with Gasteiger partial charge in [-0.2, -0.15) is 13.2 Å². The molecule has 1 aliphatic carbocycles. The van der Waals surface area contributed by atoms with Crippen molar-refractivity contribution < 1.29 is 18.0 Å². The van der Waals surface area contributed by atoms with E-state index in [2.05, 4.69) is 9.97 Å². The SMILES string of the molecule is Cc1nc2c(c(C(F)(F)F)n1)C[C@H](C(=O)N1CC[C@H](N)C1)CC2. The van der Waals surface area contributed by atoms with E-state index in [-0.39, 0.29) is 29.8 Å². The van der Waals surface area contributed by atoms with Crippen LogP contribution in [0.15, 0.2) is 0 Å². The van der Waals surface area contributed by atoms with Crippen LogP contribution in [0.1, 0.15) is 35.6 Å². The van der Waals surface area contributed by atoms with E-state index in [1.165, 1.54) is 6.92 Å². The Morgan fingerprint density at radius 2 is 2.04 bits per heavy atom. The molecule has 0 saturated carbocycles. The van der Waals surface area contributed by atoms with Gasteiger partial charge in [0.25, 0.3) is 0 Å². The lowest BCUT2D eigenvalue weighted by Gasteiger charge is -2.28. The molecule has 1 amide bonds. The Bertz CT molecular complexity index is 632. The van der Waals surface area contributed by atoms with Crippen LogP contribution >= 0.6 is 0 Å². The summed E-state index contributed by atoms with van der Waals surface area (Å²) in [7, 11) is 0. The Balaban J connectivity index is 1.86. The monoisotopic (exact) mass is 328 g/mol. The van der Waals surface area contributed by atoms with Gasteiger partial charge in [-0.3, -0.25) is 4.79 Å². The summed E-state index contributed by atoms with van der Waals surface area (Å²) in [4.78, 5) is 21.9. The highest BCUT2D eigenvalue weighted by atomic mass is 19.4. The Kier molecular flexibility index (Phi) is 4.03. The molecule has 0 unspecified atom stereocenters. The third kappa shape index (κ3) is 3.17. The van der Waals surface area contributed by atoms with Crippen LogP contribution in [0.5, 0.6) is 0 Å². The highest BCUT2D eigenvalue weighted by Gasteiger charge is 2.40. The second-order valence-electron chi connectivity index (χ2n) is 6.32. The molecule has 2 aliphatic rings. The number of alkyl halides is 3. The Labute approximate surface area is 132 Å². The molecular weight excluding hydrogens is 309 g/mol. The van der Waals surface area contributed by atoms with Crippen molar-refractivity contribution in [1.82, 2.24) is 14.9 Å². The number of aryl methyl sites for hydroxylation is 2. The van der Waals surface area contributed by atoms with E-state index in [1.807, 2.05) is 0 Å². The van der Waals surface area contributed by atoms with Gasteiger partial charge >= 0.3 is 6.18 Å². The largest absolute Gasteiger partial charge is 0.433 e. The van der Waals surface area contributed by atoms with Crippen LogP contribution < -0.4 is 5.73 Å². The van der Waals surface area contributed by atoms with Crippen LogP contribution in [0.25, 0.3) is 0 Å². The van der Waals surface area contributed by atoms with E-state index >= 15 is 0 Å². The molecule has 0 radical (unpaired) electrons. The fourth-order valence-corrected chi connectivity index (χ4v) is 3.43. The molecule has 126 valence electrons. The summed E-state index contributed by atoms with van der Waals surface area (Å²) in [5.74, 6) is -0.427. The fraction of sp³-hybridized carbons (Fsp3) is 0.667. The maximum atomic E-state index is 13.2. The second-order valence-corrected chi connectivity index (χ2v) is 6.32. The van der Waals surface area contributed by atoms with Gasteiger partial charge in [-0.1, -0.05) is 0 Å². The maximum absolute atomic E-state index is 13.2. The maximum Gasteiger partial charge on any atom is 0.433 e. The summed E-state index contributed by atoms with van der Waals surface area (Å²) < 4.78 is 39.7. The Hall–Kier alpha value is -1.70. The number of nitrogens with zero attached hydrogens (tertiary/aromatic N) is 3. The van der Waals surface area contributed by atoms with Gasteiger partial charge in [0.15, 0.2) is 5.69 Å². The van der Waals surface area contributed by atoms with Gasteiger partial charge in [0, 0.05) is 36.3 Å². The van der Waals surface area contributed by atoms with Crippen molar-refractivity contribution in [2.75, 3.05) is 13.1 Å². The number of likely N-dealkylation sites (tertiary alicyclic amines) is 1. The van der Waals surface area contributed by atoms with E-state index in [0.717, 1.165) is 6.42 Å². The molecule has 2 N–H and O–H groups in total. The van der Waals surface area contributed by atoms with Crippen LogP contribution in [-0.4, -0.2) is 39.9 Å². The summed E-state index contributed by atoms with van der Waals surface area (Å²) in [6.45, 7) is 2.52. The molecule has 1 aromatic rings. The molecule has 5 nitrogen and oxygen atoms in total. The van der Waals surface area contributed by atoms with Crippen molar-refractivity contribution in [3.8, 4) is 0 Å². The number of nitrogens with two attached hydrogens (primary N) is 1. The number of halogens is 3. The quantitative estimate of drug-likeness (QED) is 0.847. The number of amides is 1. The third-order valence-corrected chi connectivity index (χ3v) is 4.54. The molecule has 0 bridgehead atoms. The Morgan fingerprint density at radius 1 is 1.30 bits per heavy atom. The highest BCUT2D eigenvalue weighted by molar-refractivity contribution is 5.80. The predicted molar refractivity (Wildman–Crippen MR) is 76.5 cm³/mol. The van der Waals surface area contributed by atoms with Gasteiger partial charge in [0.05, 0.1) is 0 Å². The molecule has 3 rings (SSSR count). The molecule has 0 aromatic carbocycles. The van der Waals surface area contributed by atoms with Crippen LogP contribution in [0, 0.1) is 12.8 Å². The summed E-state index contributed by atoms with van der Waals surface area (Å²) in [6.07, 6.45) is -2.84. The number of hydrogen-bond donors (Lipinski definition) is 1. The van der Waals surface area contributed by atoms with Crippen molar-refractivity contribution in [3.63, 3.8) is 0 Å². The molecule has 1 aliphatic heterocycles. The van der Waals surface area contributed by atoms with Gasteiger partial charge < -0.3 is 10.6 Å². The molecule has 1 saturated heterocycles. The van der Waals surface area contributed by atoms with Crippen LogP contribution in [0.4, 0.5) is 13.2 Å². The van der Waals surface area contributed by atoms with Crippen molar-refractivity contribution in [2.45, 2.75) is 44.8 Å². The number of fused-ring (bicyclic) bond motifs is 1. The number of carbonyl (C=O) groups excluding carboxylic acids is 1. The van der Waals surface area contributed by atoms with Gasteiger partial charge in [-0.25, -0.2) is 9.97 Å². The minimum Gasteiger partial charge on any atom is -0.341 e. The molecule has 0 spiro atoms. The average molecular weight is 328 g/mol. The molecule has 8 heteroatoms. The van der Waals surface area contributed by atoms with Crippen LogP contribution in [0.2, 0.25) is 0 Å². The topological polar surface area (TPSA) is 72.1 Å². The van der Waals surface area contributed by atoms with Crippen LogP contribution in [-0.2, 0) is 23.8 Å². The van der Waals surface area contributed by atoms with Crippen molar-refractivity contribution >= 4 is 5.91 Å². The van der Waals surface area contributed by atoms with E-state index in [1.54, 1.807) is 4.90 Å². The number of aromatic nitrogens is 2. The van der Waals surface area contributed by atoms with Gasteiger partial charge in [-0.05, 0) is 32.6 Å². The van der Waals surface area contributed by atoms with Gasteiger partial charge in [0.2, 0.25) is 5.91 Å². The minimum absolute atomic E-state index is 0.0356. The Morgan fingerprint density at radius 3 is 2.65 bits per heavy atom. The average Bonchev–Trinajstić information content (AvgIpc) is 2.90. The zero-order valence-electron chi connectivity index (χ0n) is 12.9. The molecule has 2 atom stereocenters. The van der Waals surface area contributed by atoms with Crippen molar-refractivity contribution in [1.29, 1.82) is 0 Å². The highest BCUT2D eigenvalue weighted by Crippen LogP contribution is 2.36. The number of hydrogen-bond acceptors (Lipinski definition) is 4. The predicted octanol–water partition coefficient (Wildman–Crippen LogP) is 1.47. The first-order chi connectivity index (χ1) is 10.8. The molecule has 2 heterocycles. The zero-order valence-corrected chi connectivity index (χ0v) is 12.9. The number of rotatable bonds is 1. The fourth-order valence-electron chi connectivity index (χ4n) is 3.43. The summed E-state index contributed by atoms with van der Waals surface area (Å²) >= 11 is 0. The molecular formula is C15H19F3N4O. The first-order valence-corrected chi connectivity index (χ1v) is 7.73. The normalized spacial score (nSPS) is 24.7. The second kappa shape index (κ2) is 5.74. The van der Waals surface area contributed by atoms with Gasteiger partial charge in [0.1, 0.15) is 5.82 Å². The van der Waals surface area contributed by atoms with E-state index < -0.39 is 17.8 Å². The van der Waals surface area contributed by atoms with Crippen LogP contribution in [0.3, 0.4) is 0 Å². The number of carbonyl (C=O) groups is 1. The molecule has 1 aromatic heterocycles. The standard InChI is InChI=1S/C15H19F3N4O/c1-8-20-12-3-2-9(14(23)22-5-4-10(19)7-22)6-11(12)13(21-8)15(16,17)18/h9-10H,2-7,19H2,1H3/t9-,10+/m1/s1. The summed E-state index contributed by atoms with van der Waals surface area (Å²) in [6, 6.07) is -0.0356. The van der Waals surface area contributed by atoms with Crippen molar-refractivity contribution in [2.24, 2.45) is 11.7 Å². The van der Waals surface area contributed by atoms with E-state index in [9.17, 15) is 18.0 Å². The minimum atomic E-state index is -4.53. The lowest BCUT2D eigenvalue weighted by atomic mass is 9.84.